The van der Waals surface area contributed by atoms with Crippen molar-refractivity contribution in [3.63, 3.8) is 0 Å². The molecule has 1 atom stereocenters. The molecule has 17 heavy (non-hydrogen) atoms. The molecule has 2 N–H and O–H groups in total. The summed E-state index contributed by atoms with van der Waals surface area (Å²) >= 11 is 0. The van der Waals surface area contributed by atoms with Gasteiger partial charge in [-0.15, -0.1) is 0 Å². The summed E-state index contributed by atoms with van der Waals surface area (Å²) < 4.78 is 25.9. The minimum atomic E-state index is -2.50. The molecule has 0 bridgehead atoms. The fraction of sp³-hybridized carbons (Fsp3) is 0.538. The summed E-state index contributed by atoms with van der Waals surface area (Å²) in [6, 6.07) is 4.86. The molecule has 0 aliphatic rings. The summed E-state index contributed by atoms with van der Waals surface area (Å²) in [5.74, 6) is 0.392. The Labute approximate surface area is 101 Å². The first kappa shape index (κ1) is 13.7. The highest BCUT2D eigenvalue weighted by Gasteiger charge is 2.20. The zero-order valence-electron chi connectivity index (χ0n) is 10.7. The Kier molecular flexibility index (Phi) is 4.32. The van der Waals surface area contributed by atoms with Gasteiger partial charge in [-0.3, -0.25) is 0 Å². The van der Waals surface area contributed by atoms with Gasteiger partial charge in [0.2, 0.25) is 0 Å². The predicted octanol–water partition coefficient (Wildman–Crippen LogP) is 3.69. The quantitative estimate of drug-likeness (QED) is 0.816. The van der Waals surface area contributed by atoms with Crippen LogP contribution in [0.2, 0.25) is 0 Å². The summed E-state index contributed by atoms with van der Waals surface area (Å²) in [4.78, 5) is 1.88. The van der Waals surface area contributed by atoms with Crippen LogP contribution >= 0.6 is 0 Å². The van der Waals surface area contributed by atoms with Gasteiger partial charge in [0.15, 0.2) is 0 Å². The second-order valence-corrected chi connectivity index (χ2v) is 4.71. The van der Waals surface area contributed by atoms with Crippen molar-refractivity contribution in [1.29, 1.82) is 0 Å². The van der Waals surface area contributed by atoms with Crippen LogP contribution in [0.25, 0.3) is 0 Å². The van der Waals surface area contributed by atoms with Gasteiger partial charge in [0.05, 0.1) is 0 Å². The molecule has 0 aliphatic heterocycles. The van der Waals surface area contributed by atoms with Gasteiger partial charge < -0.3 is 10.6 Å². The first-order valence-corrected chi connectivity index (χ1v) is 5.75. The third kappa shape index (κ3) is 3.08. The largest absolute Gasteiger partial charge is 0.399 e. The van der Waals surface area contributed by atoms with E-state index in [0.29, 0.717) is 17.3 Å². The molecule has 0 heterocycles. The van der Waals surface area contributed by atoms with Crippen molar-refractivity contribution in [2.75, 3.05) is 17.7 Å². The number of hydrogen-bond donors (Lipinski definition) is 1. The van der Waals surface area contributed by atoms with E-state index in [2.05, 4.69) is 13.8 Å². The summed E-state index contributed by atoms with van der Waals surface area (Å²) in [6.45, 7) is 6.16. The Morgan fingerprint density at radius 1 is 1.18 bits per heavy atom. The maximum Gasteiger partial charge on any atom is 0.265 e. The number of halogens is 2. The lowest BCUT2D eigenvalue weighted by molar-refractivity contribution is 0.151. The van der Waals surface area contributed by atoms with Gasteiger partial charge in [-0.05, 0) is 31.0 Å². The fourth-order valence-electron chi connectivity index (χ4n) is 1.74. The monoisotopic (exact) mass is 242 g/mol. The van der Waals surface area contributed by atoms with Gasteiger partial charge in [-0.1, -0.05) is 13.8 Å². The Hall–Kier alpha value is -1.32. The molecule has 0 spiro atoms. The highest BCUT2D eigenvalue weighted by Crippen LogP contribution is 2.32. The third-order valence-electron chi connectivity index (χ3n) is 3.24. The third-order valence-corrected chi connectivity index (χ3v) is 3.24. The first-order valence-electron chi connectivity index (χ1n) is 5.75. The van der Waals surface area contributed by atoms with E-state index >= 15 is 0 Å². The van der Waals surface area contributed by atoms with E-state index in [-0.39, 0.29) is 11.6 Å². The molecule has 2 nitrogen and oxygen atoms in total. The second kappa shape index (κ2) is 5.34. The van der Waals surface area contributed by atoms with Crippen molar-refractivity contribution in [3.8, 4) is 0 Å². The second-order valence-electron chi connectivity index (χ2n) is 4.71. The molecule has 1 unspecified atom stereocenters. The van der Waals surface area contributed by atoms with Crippen LogP contribution in [0.4, 0.5) is 20.2 Å². The lowest BCUT2D eigenvalue weighted by atomic mass is 10.0. The summed E-state index contributed by atoms with van der Waals surface area (Å²) in [5, 5.41) is 0. The van der Waals surface area contributed by atoms with Gasteiger partial charge >= 0.3 is 0 Å². The summed E-state index contributed by atoms with van der Waals surface area (Å²) in [7, 11) is 1.84. The predicted molar refractivity (Wildman–Crippen MR) is 68.5 cm³/mol. The van der Waals surface area contributed by atoms with Gasteiger partial charge in [-0.25, -0.2) is 8.78 Å². The minimum Gasteiger partial charge on any atom is -0.399 e. The average Bonchev–Trinajstić information content (AvgIpc) is 2.26. The number of benzene rings is 1. The molecule has 0 aromatic heterocycles. The van der Waals surface area contributed by atoms with Crippen molar-refractivity contribution in [1.82, 2.24) is 0 Å². The number of hydrogen-bond acceptors (Lipinski definition) is 2. The van der Waals surface area contributed by atoms with Crippen LogP contribution in [0.15, 0.2) is 18.2 Å². The Bertz CT molecular complexity index is 378. The molecule has 1 rings (SSSR count). The van der Waals surface area contributed by atoms with Gasteiger partial charge in [-0.2, -0.15) is 0 Å². The van der Waals surface area contributed by atoms with E-state index in [4.69, 9.17) is 5.73 Å². The van der Waals surface area contributed by atoms with Crippen molar-refractivity contribution >= 4 is 11.4 Å². The van der Waals surface area contributed by atoms with E-state index in [0.717, 1.165) is 0 Å². The lowest BCUT2D eigenvalue weighted by Gasteiger charge is -2.31. The van der Waals surface area contributed by atoms with Crippen molar-refractivity contribution < 1.29 is 8.78 Å². The molecule has 96 valence electrons. The molecule has 1 aromatic carbocycles. The molecule has 0 fully saturated rings. The van der Waals surface area contributed by atoms with Crippen LogP contribution in [0.5, 0.6) is 0 Å². The van der Waals surface area contributed by atoms with E-state index in [9.17, 15) is 8.78 Å². The normalized spacial score (nSPS) is 13.2. The minimum absolute atomic E-state index is 0.000000000000000222. The average molecular weight is 242 g/mol. The standard InChI is InChI=1S/C13H20F2N2/c1-8(2)9(3)17(4)12-6-5-10(16)7-11(12)13(14)15/h5-9,13H,16H2,1-4H3. The Balaban J connectivity index is 3.12. The van der Waals surface area contributed by atoms with Gasteiger partial charge in [0.1, 0.15) is 0 Å². The van der Waals surface area contributed by atoms with E-state index in [1.807, 2.05) is 18.9 Å². The number of alkyl halides is 2. The van der Waals surface area contributed by atoms with Crippen molar-refractivity contribution in [3.05, 3.63) is 23.8 Å². The first-order chi connectivity index (χ1) is 7.84. The van der Waals surface area contributed by atoms with E-state index in [1.165, 1.54) is 6.07 Å². The smallest absolute Gasteiger partial charge is 0.265 e. The molecule has 1 aromatic rings. The summed E-state index contributed by atoms with van der Waals surface area (Å²) in [5.41, 5.74) is 6.47. The SMILES string of the molecule is CC(C)C(C)N(C)c1ccc(N)cc1C(F)F. The van der Waals surface area contributed by atoms with Crippen LogP contribution in [0.1, 0.15) is 32.8 Å². The molecule has 0 saturated carbocycles. The lowest BCUT2D eigenvalue weighted by Crippen LogP contribution is -2.33. The van der Waals surface area contributed by atoms with Crippen LogP contribution in [-0.2, 0) is 0 Å². The molecule has 0 amide bonds. The molecule has 0 aliphatic carbocycles. The zero-order valence-corrected chi connectivity index (χ0v) is 10.7. The fourth-order valence-corrected chi connectivity index (χ4v) is 1.74. The Morgan fingerprint density at radius 2 is 1.76 bits per heavy atom. The Morgan fingerprint density at radius 3 is 2.24 bits per heavy atom. The number of nitrogen functional groups attached to an aromatic ring is 1. The number of nitrogens with two attached hydrogens (primary N) is 1. The molecular formula is C13H20F2N2. The van der Waals surface area contributed by atoms with Gasteiger partial charge in [0.25, 0.3) is 6.43 Å². The molecule has 0 radical (unpaired) electrons. The van der Waals surface area contributed by atoms with E-state index < -0.39 is 6.43 Å². The highest BCUT2D eigenvalue weighted by atomic mass is 19.3. The van der Waals surface area contributed by atoms with Crippen LogP contribution < -0.4 is 10.6 Å². The summed E-state index contributed by atoms with van der Waals surface area (Å²) in [6.07, 6.45) is -2.50. The molecule has 4 heteroatoms. The van der Waals surface area contributed by atoms with E-state index in [1.54, 1.807) is 12.1 Å². The zero-order chi connectivity index (χ0) is 13.2. The number of anilines is 2. The molecule has 0 saturated heterocycles. The molecular weight excluding hydrogens is 222 g/mol. The highest BCUT2D eigenvalue weighted by molar-refractivity contribution is 5.60. The van der Waals surface area contributed by atoms with Crippen LogP contribution in [0, 0.1) is 5.92 Å². The maximum absolute atomic E-state index is 13.0. The van der Waals surface area contributed by atoms with Crippen molar-refractivity contribution in [2.45, 2.75) is 33.2 Å². The van der Waals surface area contributed by atoms with Crippen LogP contribution in [-0.4, -0.2) is 13.1 Å². The van der Waals surface area contributed by atoms with Gasteiger partial charge in [0, 0.05) is 30.0 Å². The van der Waals surface area contributed by atoms with Crippen molar-refractivity contribution in [2.24, 2.45) is 5.92 Å². The number of rotatable bonds is 4. The number of nitrogens with zero attached hydrogens (tertiary/aromatic N) is 1. The maximum atomic E-state index is 13.0. The topological polar surface area (TPSA) is 29.3 Å². The van der Waals surface area contributed by atoms with Crippen LogP contribution in [0.3, 0.4) is 0 Å².